The summed E-state index contributed by atoms with van der Waals surface area (Å²) in [7, 11) is 0. The van der Waals surface area contributed by atoms with E-state index in [1.165, 1.54) is 33.8 Å². The fourth-order valence-corrected chi connectivity index (χ4v) is 3.43. The maximum absolute atomic E-state index is 14.2. The van der Waals surface area contributed by atoms with Gasteiger partial charge in [0.05, 0.1) is 35.2 Å². The lowest BCUT2D eigenvalue weighted by Crippen LogP contribution is -2.47. The van der Waals surface area contributed by atoms with Gasteiger partial charge in [0.15, 0.2) is 5.75 Å². The Morgan fingerprint density at radius 3 is 2.26 bits per heavy atom. The van der Waals surface area contributed by atoms with Crippen molar-refractivity contribution in [3.05, 3.63) is 23.8 Å². The molecule has 6 nitrogen and oxygen atoms in total. The number of hydrogen-bond donors (Lipinski definition) is 1. The van der Waals surface area contributed by atoms with Crippen LogP contribution in [0.1, 0.15) is 46.6 Å². The van der Waals surface area contributed by atoms with Crippen LogP contribution in [0.3, 0.4) is 0 Å². The molecule has 0 unspecified atom stereocenters. The number of allylic oxidation sites excluding steroid dienone is 1. The summed E-state index contributed by atoms with van der Waals surface area (Å²) < 4.78 is 92.8. The molecule has 0 aromatic heterocycles. The summed E-state index contributed by atoms with van der Waals surface area (Å²) in [6.07, 6.45) is -9.34. The van der Waals surface area contributed by atoms with Gasteiger partial charge >= 0.3 is 18.3 Å². The SMILES string of the molecule is CCOC(=O)/C=C(\c1c(NC(=O)C(C)(C)C)ccc2c1OC[C@@H](CC)N2CC(F)(F)F)C(F)(F)F. The largest absolute Gasteiger partial charge is 0.489 e. The summed E-state index contributed by atoms with van der Waals surface area (Å²) in [5.74, 6) is -2.47. The van der Waals surface area contributed by atoms with Crippen LogP contribution in [0.5, 0.6) is 5.75 Å². The average Bonchev–Trinajstić information content (AvgIpc) is 2.70. The van der Waals surface area contributed by atoms with Gasteiger partial charge in [0.2, 0.25) is 5.91 Å². The van der Waals surface area contributed by atoms with Crippen LogP contribution in [0.4, 0.5) is 37.7 Å². The van der Waals surface area contributed by atoms with Crippen LogP contribution < -0.4 is 15.0 Å². The molecule has 35 heavy (non-hydrogen) atoms. The molecule has 1 heterocycles. The van der Waals surface area contributed by atoms with Crippen molar-refractivity contribution in [2.45, 2.75) is 59.4 Å². The first-order valence-electron chi connectivity index (χ1n) is 10.9. The van der Waals surface area contributed by atoms with Crippen molar-refractivity contribution in [3.8, 4) is 5.75 Å². The molecule has 0 spiro atoms. The van der Waals surface area contributed by atoms with E-state index in [0.29, 0.717) is 0 Å². The summed E-state index contributed by atoms with van der Waals surface area (Å²) in [6, 6.07) is 1.49. The second kappa shape index (κ2) is 10.4. The number of halogens is 6. The molecule has 0 aliphatic carbocycles. The highest BCUT2D eigenvalue weighted by molar-refractivity contribution is 6.02. The van der Waals surface area contributed by atoms with Crippen LogP contribution >= 0.6 is 0 Å². The first kappa shape index (κ1) is 28.3. The van der Waals surface area contributed by atoms with Crippen molar-refractivity contribution in [2.75, 3.05) is 30.0 Å². The van der Waals surface area contributed by atoms with Gasteiger partial charge in [-0.25, -0.2) is 4.79 Å². The first-order valence-corrected chi connectivity index (χ1v) is 10.9. The van der Waals surface area contributed by atoms with Gasteiger partial charge in [-0.1, -0.05) is 27.7 Å². The molecule has 1 N–H and O–H groups in total. The molecule has 0 saturated carbocycles. The number of benzene rings is 1. The van der Waals surface area contributed by atoms with Crippen LogP contribution in [0.25, 0.3) is 5.57 Å². The molecular formula is C23H28F6N2O4. The van der Waals surface area contributed by atoms with E-state index in [0.717, 1.165) is 11.0 Å². The molecule has 12 heteroatoms. The third-order valence-corrected chi connectivity index (χ3v) is 5.18. The monoisotopic (exact) mass is 510 g/mol. The third-order valence-electron chi connectivity index (χ3n) is 5.18. The Labute approximate surface area is 199 Å². The second-order valence-electron chi connectivity index (χ2n) is 8.96. The fraction of sp³-hybridized carbons (Fsp3) is 0.565. The molecule has 0 radical (unpaired) electrons. The predicted octanol–water partition coefficient (Wildman–Crippen LogP) is 5.72. The predicted molar refractivity (Wildman–Crippen MR) is 118 cm³/mol. The average molecular weight is 510 g/mol. The zero-order valence-corrected chi connectivity index (χ0v) is 20.0. The summed E-state index contributed by atoms with van der Waals surface area (Å²) in [5.41, 5.74) is -3.87. The van der Waals surface area contributed by atoms with Gasteiger partial charge in [-0.15, -0.1) is 0 Å². The van der Waals surface area contributed by atoms with Crippen molar-refractivity contribution in [3.63, 3.8) is 0 Å². The topological polar surface area (TPSA) is 67.9 Å². The lowest BCUT2D eigenvalue weighted by molar-refractivity contribution is -0.137. The van der Waals surface area contributed by atoms with E-state index in [1.54, 1.807) is 6.92 Å². The van der Waals surface area contributed by atoms with Crippen LogP contribution in [0, 0.1) is 5.41 Å². The molecule has 1 aliphatic rings. The van der Waals surface area contributed by atoms with E-state index in [2.05, 4.69) is 10.1 Å². The molecule has 1 aliphatic heterocycles. The number of amides is 1. The number of ether oxygens (including phenoxy) is 2. The minimum Gasteiger partial charge on any atom is -0.489 e. The molecule has 2 rings (SSSR count). The Morgan fingerprint density at radius 2 is 1.77 bits per heavy atom. The third kappa shape index (κ3) is 7.04. The highest BCUT2D eigenvalue weighted by Crippen LogP contribution is 2.49. The quantitative estimate of drug-likeness (QED) is 0.301. The van der Waals surface area contributed by atoms with Gasteiger partial charge in [0.1, 0.15) is 13.2 Å². The van der Waals surface area contributed by atoms with E-state index in [9.17, 15) is 35.9 Å². The number of hydrogen-bond acceptors (Lipinski definition) is 5. The van der Waals surface area contributed by atoms with Crippen molar-refractivity contribution in [2.24, 2.45) is 5.41 Å². The number of anilines is 2. The number of carbonyl (C=O) groups excluding carboxylic acids is 2. The van der Waals surface area contributed by atoms with Gasteiger partial charge < -0.3 is 19.7 Å². The fourth-order valence-electron chi connectivity index (χ4n) is 3.43. The summed E-state index contributed by atoms with van der Waals surface area (Å²) in [5, 5.41) is 2.39. The number of fused-ring (bicyclic) bond motifs is 1. The van der Waals surface area contributed by atoms with Crippen molar-refractivity contribution in [1.82, 2.24) is 0 Å². The summed E-state index contributed by atoms with van der Waals surface area (Å²) in [4.78, 5) is 25.5. The van der Waals surface area contributed by atoms with E-state index < -0.39 is 59.1 Å². The standard InChI is InChI=1S/C23H28F6N2O4/c1-6-13-11-35-19-16(31(13)12-22(24,25)26)9-8-15(30-20(33)21(3,4)5)18(19)14(23(27,28)29)10-17(32)34-7-2/h8-10,13H,6-7,11-12H2,1-5H3,(H,30,33)/b14-10+/t13-/m1/s1. The van der Waals surface area contributed by atoms with Crippen LogP contribution in [-0.4, -0.2) is 50.0 Å². The Bertz CT molecular complexity index is 980. The minimum atomic E-state index is -5.14. The molecule has 1 aromatic rings. The first-order chi connectivity index (χ1) is 16.0. The maximum Gasteiger partial charge on any atom is 0.417 e. The van der Waals surface area contributed by atoms with E-state index in [4.69, 9.17) is 4.74 Å². The number of nitrogens with zero attached hydrogens (tertiary/aromatic N) is 1. The van der Waals surface area contributed by atoms with E-state index in [-0.39, 0.29) is 37.1 Å². The molecular weight excluding hydrogens is 482 g/mol. The Balaban J connectivity index is 2.84. The molecule has 1 aromatic carbocycles. The normalized spacial score (nSPS) is 16.9. The summed E-state index contributed by atoms with van der Waals surface area (Å²) in [6.45, 7) is 5.69. The molecule has 0 fully saturated rings. The second-order valence-corrected chi connectivity index (χ2v) is 8.96. The lowest BCUT2D eigenvalue weighted by atomic mass is 9.93. The zero-order chi connectivity index (χ0) is 26.8. The summed E-state index contributed by atoms with van der Waals surface area (Å²) >= 11 is 0. The molecule has 1 atom stereocenters. The van der Waals surface area contributed by atoms with E-state index in [1.807, 2.05) is 0 Å². The Hall–Kier alpha value is -2.92. The number of rotatable bonds is 6. The van der Waals surface area contributed by atoms with Crippen LogP contribution in [-0.2, 0) is 14.3 Å². The van der Waals surface area contributed by atoms with E-state index >= 15 is 0 Å². The number of nitrogens with one attached hydrogen (secondary N) is 1. The van der Waals surface area contributed by atoms with Crippen molar-refractivity contribution >= 4 is 28.8 Å². The van der Waals surface area contributed by atoms with Gasteiger partial charge in [-0.2, -0.15) is 26.3 Å². The maximum atomic E-state index is 14.2. The number of carbonyl (C=O) groups is 2. The zero-order valence-electron chi connectivity index (χ0n) is 20.0. The highest BCUT2D eigenvalue weighted by Gasteiger charge is 2.43. The van der Waals surface area contributed by atoms with Crippen molar-refractivity contribution < 1.29 is 45.4 Å². The van der Waals surface area contributed by atoms with Gasteiger partial charge in [0.25, 0.3) is 0 Å². The smallest absolute Gasteiger partial charge is 0.417 e. The van der Waals surface area contributed by atoms with Crippen LogP contribution in [0.15, 0.2) is 18.2 Å². The lowest BCUT2D eigenvalue weighted by Gasteiger charge is -2.40. The van der Waals surface area contributed by atoms with Gasteiger partial charge in [-0.05, 0) is 25.5 Å². The van der Waals surface area contributed by atoms with Crippen molar-refractivity contribution in [1.29, 1.82) is 0 Å². The van der Waals surface area contributed by atoms with Gasteiger partial charge in [-0.3, -0.25) is 4.79 Å². The minimum absolute atomic E-state index is 0.199. The molecule has 196 valence electrons. The molecule has 0 bridgehead atoms. The molecule has 1 amide bonds. The number of esters is 1. The highest BCUT2D eigenvalue weighted by atomic mass is 19.4. The van der Waals surface area contributed by atoms with Crippen LogP contribution in [0.2, 0.25) is 0 Å². The Morgan fingerprint density at radius 1 is 1.14 bits per heavy atom. The van der Waals surface area contributed by atoms with Gasteiger partial charge in [0, 0.05) is 11.5 Å². The Kier molecular flexibility index (Phi) is 8.39. The number of alkyl halides is 6. The molecule has 0 saturated heterocycles.